The SMILES string of the molecule is C[N]C(C)C1=CCCC1. The molecule has 0 aliphatic heterocycles. The molecule has 0 fully saturated rings. The first kappa shape index (κ1) is 6.81. The molecular weight excluding hydrogens is 110 g/mol. The topological polar surface area (TPSA) is 14.1 Å². The van der Waals surface area contributed by atoms with E-state index >= 15 is 0 Å². The minimum absolute atomic E-state index is 0.479. The summed E-state index contributed by atoms with van der Waals surface area (Å²) >= 11 is 0. The molecule has 1 unspecified atom stereocenters. The maximum absolute atomic E-state index is 4.20. The van der Waals surface area contributed by atoms with Crippen molar-refractivity contribution in [3.8, 4) is 0 Å². The average Bonchev–Trinajstić information content (AvgIpc) is 2.37. The third-order valence-corrected chi connectivity index (χ3v) is 2.00. The van der Waals surface area contributed by atoms with Crippen LogP contribution in [0.2, 0.25) is 0 Å². The monoisotopic (exact) mass is 124 g/mol. The molecule has 1 rings (SSSR count). The second-order valence-corrected chi connectivity index (χ2v) is 2.61. The van der Waals surface area contributed by atoms with Gasteiger partial charge in [0.05, 0.1) is 0 Å². The summed E-state index contributed by atoms with van der Waals surface area (Å²) in [7, 11) is 1.89. The van der Waals surface area contributed by atoms with Gasteiger partial charge in [0.25, 0.3) is 0 Å². The van der Waals surface area contributed by atoms with Gasteiger partial charge in [0.2, 0.25) is 0 Å². The van der Waals surface area contributed by atoms with E-state index in [0.29, 0.717) is 6.04 Å². The highest BCUT2D eigenvalue weighted by Crippen LogP contribution is 2.20. The molecule has 0 N–H and O–H groups in total. The molecule has 51 valence electrons. The van der Waals surface area contributed by atoms with Crippen molar-refractivity contribution < 1.29 is 0 Å². The molecule has 0 aromatic heterocycles. The smallest absolute Gasteiger partial charge is 0.0423 e. The maximum Gasteiger partial charge on any atom is 0.0423 e. The summed E-state index contributed by atoms with van der Waals surface area (Å²) in [4.78, 5) is 0. The Morgan fingerprint density at radius 2 is 2.44 bits per heavy atom. The van der Waals surface area contributed by atoms with E-state index in [9.17, 15) is 0 Å². The van der Waals surface area contributed by atoms with Gasteiger partial charge in [-0.05, 0) is 26.2 Å². The highest BCUT2D eigenvalue weighted by Gasteiger charge is 2.10. The van der Waals surface area contributed by atoms with Gasteiger partial charge in [0.1, 0.15) is 0 Å². The third-order valence-electron chi connectivity index (χ3n) is 2.00. The lowest BCUT2D eigenvalue weighted by molar-refractivity contribution is 0.658. The van der Waals surface area contributed by atoms with E-state index in [1.807, 2.05) is 7.05 Å². The minimum atomic E-state index is 0.479. The first-order chi connectivity index (χ1) is 4.34. The van der Waals surface area contributed by atoms with Crippen LogP contribution in [0.5, 0.6) is 0 Å². The molecule has 1 aliphatic rings. The Morgan fingerprint density at radius 3 is 2.89 bits per heavy atom. The van der Waals surface area contributed by atoms with Crippen molar-refractivity contribution >= 4 is 0 Å². The van der Waals surface area contributed by atoms with Crippen molar-refractivity contribution in [1.82, 2.24) is 5.32 Å². The predicted octanol–water partition coefficient (Wildman–Crippen LogP) is 1.72. The molecule has 0 bridgehead atoms. The fourth-order valence-electron chi connectivity index (χ4n) is 1.24. The lowest BCUT2D eigenvalue weighted by Gasteiger charge is -2.08. The molecule has 0 spiro atoms. The molecule has 1 heteroatoms. The summed E-state index contributed by atoms with van der Waals surface area (Å²) in [5, 5.41) is 4.20. The molecule has 1 atom stereocenters. The highest BCUT2D eigenvalue weighted by atomic mass is 14.9. The molecule has 1 radical (unpaired) electrons. The molecular formula is C8H14N. The van der Waals surface area contributed by atoms with Crippen LogP contribution < -0.4 is 5.32 Å². The van der Waals surface area contributed by atoms with Crippen LogP contribution in [0.1, 0.15) is 26.2 Å². The van der Waals surface area contributed by atoms with Crippen molar-refractivity contribution in [2.24, 2.45) is 0 Å². The van der Waals surface area contributed by atoms with E-state index in [4.69, 9.17) is 0 Å². The van der Waals surface area contributed by atoms with Gasteiger partial charge in [0.15, 0.2) is 0 Å². The average molecular weight is 124 g/mol. The molecule has 1 aliphatic carbocycles. The number of rotatable bonds is 2. The maximum atomic E-state index is 4.20. The zero-order chi connectivity index (χ0) is 6.69. The van der Waals surface area contributed by atoms with Crippen molar-refractivity contribution in [3.05, 3.63) is 11.6 Å². The molecule has 0 aromatic carbocycles. The number of allylic oxidation sites excluding steroid dienone is 1. The van der Waals surface area contributed by atoms with Crippen LogP contribution in [0.4, 0.5) is 0 Å². The van der Waals surface area contributed by atoms with E-state index < -0.39 is 0 Å². The molecule has 0 amide bonds. The molecule has 0 saturated heterocycles. The van der Waals surface area contributed by atoms with Gasteiger partial charge >= 0.3 is 0 Å². The van der Waals surface area contributed by atoms with Crippen molar-refractivity contribution in [3.63, 3.8) is 0 Å². The van der Waals surface area contributed by atoms with Crippen molar-refractivity contribution in [2.45, 2.75) is 32.2 Å². The predicted molar refractivity (Wildman–Crippen MR) is 39.5 cm³/mol. The van der Waals surface area contributed by atoms with Gasteiger partial charge in [-0.2, -0.15) is 0 Å². The second kappa shape index (κ2) is 3.02. The van der Waals surface area contributed by atoms with E-state index in [-0.39, 0.29) is 0 Å². The van der Waals surface area contributed by atoms with Gasteiger partial charge in [-0.15, -0.1) is 0 Å². The second-order valence-electron chi connectivity index (χ2n) is 2.61. The van der Waals surface area contributed by atoms with Crippen LogP contribution in [0, 0.1) is 0 Å². The summed E-state index contributed by atoms with van der Waals surface area (Å²) in [6.07, 6.45) is 6.22. The first-order valence-electron chi connectivity index (χ1n) is 3.62. The largest absolute Gasteiger partial charge is 0.238 e. The fraction of sp³-hybridized carbons (Fsp3) is 0.750. The zero-order valence-corrected chi connectivity index (χ0v) is 6.22. The minimum Gasteiger partial charge on any atom is -0.238 e. The molecule has 0 heterocycles. The molecule has 1 nitrogen and oxygen atoms in total. The third kappa shape index (κ3) is 1.55. The van der Waals surface area contributed by atoms with Gasteiger partial charge in [-0.1, -0.05) is 11.6 Å². The molecule has 0 aromatic rings. The first-order valence-corrected chi connectivity index (χ1v) is 3.62. The number of hydrogen-bond acceptors (Lipinski definition) is 0. The van der Waals surface area contributed by atoms with E-state index in [1.165, 1.54) is 24.8 Å². The van der Waals surface area contributed by atoms with E-state index in [2.05, 4.69) is 18.3 Å². The Morgan fingerprint density at radius 1 is 1.67 bits per heavy atom. The Labute approximate surface area is 57.1 Å². The molecule has 0 saturated carbocycles. The summed E-state index contributed by atoms with van der Waals surface area (Å²) in [5.41, 5.74) is 1.54. The van der Waals surface area contributed by atoms with Crippen LogP contribution in [-0.4, -0.2) is 13.1 Å². The summed E-state index contributed by atoms with van der Waals surface area (Å²) in [6, 6.07) is 0.479. The van der Waals surface area contributed by atoms with Crippen LogP contribution in [0.3, 0.4) is 0 Å². The normalized spacial score (nSPS) is 21.8. The van der Waals surface area contributed by atoms with Crippen LogP contribution in [0.15, 0.2) is 11.6 Å². The Bertz CT molecular complexity index is 116. The van der Waals surface area contributed by atoms with Crippen molar-refractivity contribution in [2.75, 3.05) is 7.05 Å². The summed E-state index contributed by atoms with van der Waals surface area (Å²) in [5.74, 6) is 0. The number of likely N-dealkylation sites (N-methyl/N-ethyl adjacent to an activating group) is 1. The fourth-order valence-corrected chi connectivity index (χ4v) is 1.24. The number of nitrogens with zero attached hydrogens (tertiary/aromatic N) is 1. The molecule has 9 heavy (non-hydrogen) atoms. The van der Waals surface area contributed by atoms with Crippen LogP contribution >= 0.6 is 0 Å². The van der Waals surface area contributed by atoms with Crippen LogP contribution in [0.25, 0.3) is 0 Å². The standard InChI is InChI=1S/C8H14N/c1-7(9-2)8-5-3-4-6-8/h5,7H,3-4,6H2,1-2H3. The van der Waals surface area contributed by atoms with Crippen molar-refractivity contribution in [1.29, 1.82) is 0 Å². The lowest BCUT2D eigenvalue weighted by atomic mass is 10.1. The Hall–Kier alpha value is -0.300. The number of hydrogen-bond donors (Lipinski definition) is 0. The Balaban J connectivity index is 2.40. The van der Waals surface area contributed by atoms with Gasteiger partial charge in [0, 0.05) is 13.1 Å². The highest BCUT2D eigenvalue weighted by molar-refractivity contribution is 5.13. The van der Waals surface area contributed by atoms with Crippen LogP contribution in [-0.2, 0) is 0 Å². The summed E-state index contributed by atoms with van der Waals surface area (Å²) < 4.78 is 0. The van der Waals surface area contributed by atoms with Gasteiger partial charge < -0.3 is 0 Å². The van der Waals surface area contributed by atoms with Gasteiger partial charge in [-0.3, -0.25) is 0 Å². The lowest BCUT2D eigenvalue weighted by Crippen LogP contribution is -2.15. The quantitative estimate of drug-likeness (QED) is 0.498. The Kier molecular flexibility index (Phi) is 2.29. The van der Waals surface area contributed by atoms with E-state index in [0.717, 1.165) is 0 Å². The zero-order valence-electron chi connectivity index (χ0n) is 6.22. The van der Waals surface area contributed by atoms with E-state index in [1.54, 1.807) is 0 Å². The summed E-state index contributed by atoms with van der Waals surface area (Å²) in [6.45, 7) is 2.16. The van der Waals surface area contributed by atoms with Gasteiger partial charge in [-0.25, -0.2) is 5.32 Å².